The minimum Gasteiger partial charge on any atom is -0.390 e. The summed E-state index contributed by atoms with van der Waals surface area (Å²) in [6, 6.07) is 20.0. The quantitative estimate of drug-likeness (QED) is 0.859. The van der Waals surface area contributed by atoms with Crippen molar-refractivity contribution in [2.24, 2.45) is 5.73 Å². The minimum atomic E-state index is -0.711. The van der Waals surface area contributed by atoms with Crippen LogP contribution in [0.1, 0.15) is 11.1 Å². The lowest BCUT2D eigenvalue weighted by Crippen LogP contribution is -2.43. The third-order valence-corrected chi connectivity index (χ3v) is 3.24. The van der Waals surface area contributed by atoms with Crippen molar-refractivity contribution in [2.75, 3.05) is 7.05 Å². The van der Waals surface area contributed by atoms with Gasteiger partial charge in [-0.2, -0.15) is 0 Å². The monoisotopic (exact) mass is 238 g/mol. The van der Waals surface area contributed by atoms with E-state index in [1.807, 2.05) is 67.7 Å². The van der Waals surface area contributed by atoms with Crippen LogP contribution >= 0.6 is 0 Å². The Kier molecular flexibility index (Phi) is 3.49. The van der Waals surface area contributed by atoms with Gasteiger partial charge in [-0.1, -0.05) is 67.2 Å². The Labute approximate surface area is 108 Å². The fourth-order valence-electron chi connectivity index (χ4n) is 2.11. The summed E-state index contributed by atoms with van der Waals surface area (Å²) >= 11 is 0. The largest absolute Gasteiger partial charge is 0.390 e. The number of rotatable bonds is 4. The van der Waals surface area contributed by atoms with Crippen LogP contribution in [-0.4, -0.2) is 7.05 Å². The third-order valence-electron chi connectivity index (χ3n) is 3.24. The van der Waals surface area contributed by atoms with E-state index < -0.39 is 5.54 Å². The molecule has 0 aliphatic rings. The first-order valence-corrected chi connectivity index (χ1v) is 5.96. The smallest absolute Gasteiger partial charge is 0.106 e. The van der Waals surface area contributed by atoms with Gasteiger partial charge in [0.2, 0.25) is 0 Å². The fraction of sp³-hybridized carbons (Fsp3) is 0.125. The van der Waals surface area contributed by atoms with E-state index in [1.165, 1.54) is 0 Å². The Morgan fingerprint density at radius 2 is 1.33 bits per heavy atom. The minimum absolute atomic E-state index is 0.711. The Hall–Kier alpha value is -2.06. The molecular formula is C16H18N2. The van der Waals surface area contributed by atoms with E-state index in [-0.39, 0.29) is 0 Å². The Morgan fingerprint density at radius 1 is 0.944 bits per heavy atom. The Morgan fingerprint density at radius 3 is 1.67 bits per heavy atom. The molecule has 0 bridgehead atoms. The van der Waals surface area contributed by atoms with Crippen LogP contribution in [0.4, 0.5) is 0 Å². The molecule has 0 fully saturated rings. The van der Waals surface area contributed by atoms with Gasteiger partial charge in [-0.3, -0.25) is 0 Å². The zero-order valence-electron chi connectivity index (χ0n) is 10.6. The van der Waals surface area contributed by atoms with Crippen molar-refractivity contribution in [3.8, 4) is 0 Å². The van der Waals surface area contributed by atoms with Gasteiger partial charge >= 0.3 is 0 Å². The van der Waals surface area contributed by atoms with Crippen LogP contribution in [0.2, 0.25) is 0 Å². The topological polar surface area (TPSA) is 38.0 Å². The number of nitrogens with two attached hydrogens (primary N) is 1. The summed E-state index contributed by atoms with van der Waals surface area (Å²) in [5, 5.41) is 3.08. The van der Waals surface area contributed by atoms with Crippen LogP contribution in [0.3, 0.4) is 0 Å². The lowest BCUT2D eigenvalue weighted by atomic mass is 9.81. The molecule has 0 unspecified atom stereocenters. The maximum atomic E-state index is 6.63. The molecule has 0 aromatic heterocycles. The van der Waals surface area contributed by atoms with Crippen LogP contribution in [0.5, 0.6) is 0 Å². The van der Waals surface area contributed by atoms with Gasteiger partial charge in [-0.15, -0.1) is 0 Å². The SMILES string of the molecule is C=C(NC)C(N)(c1ccccc1)c1ccccc1. The molecule has 2 heteroatoms. The lowest BCUT2D eigenvalue weighted by molar-refractivity contribution is 0.595. The number of hydrogen-bond acceptors (Lipinski definition) is 2. The van der Waals surface area contributed by atoms with Crippen molar-refractivity contribution < 1.29 is 0 Å². The molecule has 2 aromatic rings. The number of nitrogens with one attached hydrogen (secondary N) is 1. The summed E-state index contributed by atoms with van der Waals surface area (Å²) in [5.74, 6) is 0. The number of hydrogen-bond donors (Lipinski definition) is 2. The summed E-state index contributed by atoms with van der Waals surface area (Å²) < 4.78 is 0. The van der Waals surface area contributed by atoms with E-state index in [9.17, 15) is 0 Å². The van der Waals surface area contributed by atoms with Gasteiger partial charge in [0.25, 0.3) is 0 Å². The highest BCUT2D eigenvalue weighted by atomic mass is 14.9. The van der Waals surface area contributed by atoms with E-state index in [1.54, 1.807) is 0 Å². The van der Waals surface area contributed by atoms with Crippen LogP contribution in [-0.2, 0) is 5.54 Å². The van der Waals surface area contributed by atoms with Gasteiger partial charge in [-0.25, -0.2) is 0 Å². The van der Waals surface area contributed by atoms with Crippen LogP contribution in [0.15, 0.2) is 72.9 Å². The highest BCUT2D eigenvalue weighted by Gasteiger charge is 2.32. The molecule has 0 spiro atoms. The normalized spacial score (nSPS) is 11.0. The maximum Gasteiger partial charge on any atom is 0.106 e. The molecule has 0 heterocycles. The second-order valence-corrected chi connectivity index (χ2v) is 4.27. The van der Waals surface area contributed by atoms with Gasteiger partial charge in [-0.05, 0) is 11.1 Å². The first-order valence-electron chi connectivity index (χ1n) is 5.96. The predicted molar refractivity (Wildman–Crippen MR) is 76.1 cm³/mol. The molecule has 18 heavy (non-hydrogen) atoms. The van der Waals surface area contributed by atoms with Gasteiger partial charge in [0.15, 0.2) is 0 Å². The molecule has 0 saturated heterocycles. The van der Waals surface area contributed by atoms with Crippen molar-refractivity contribution in [1.82, 2.24) is 5.32 Å². The van der Waals surface area contributed by atoms with E-state index >= 15 is 0 Å². The van der Waals surface area contributed by atoms with E-state index in [0.29, 0.717) is 0 Å². The van der Waals surface area contributed by atoms with E-state index in [2.05, 4.69) is 11.9 Å². The van der Waals surface area contributed by atoms with Crippen molar-refractivity contribution in [1.29, 1.82) is 0 Å². The van der Waals surface area contributed by atoms with Crippen LogP contribution < -0.4 is 11.1 Å². The van der Waals surface area contributed by atoms with Gasteiger partial charge < -0.3 is 11.1 Å². The summed E-state index contributed by atoms with van der Waals surface area (Å²) in [5.41, 5.74) is 8.75. The lowest BCUT2D eigenvalue weighted by Gasteiger charge is -2.32. The average molecular weight is 238 g/mol. The van der Waals surface area contributed by atoms with Gasteiger partial charge in [0, 0.05) is 12.7 Å². The van der Waals surface area contributed by atoms with Crippen molar-refractivity contribution >= 4 is 0 Å². The van der Waals surface area contributed by atoms with Gasteiger partial charge in [0.05, 0.1) is 0 Å². The van der Waals surface area contributed by atoms with E-state index in [4.69, 9.17) is 5.73 Å². The molecule has 0 amide bonds. The first-order chi connectivity index (χ1) is 8.69. The first kappa shape index (κ1) is 12.4. The third kappa shape index (κ3) is 2.03. The molecule has 3 N–H and O–H groups in total. The summed E-state index contributed by atoms with van der Waals surface area (Å²) in [6.07, 6.45) is 0. The van der Waals surface area contributed by atoms with Crippen LogP contribution in [0.25, 0.3) is 0 Å². The molecular weight excluding hydrogens is 220 g/mol. The molecule has 0 radical (unpaired) electrons. The second-order valence-electron chi connectivity index (χ2n) is 4.27. The van der Waals surface area contributed by atoms with Gasteiger partial charge in [0.1, 0.15) is 5.54 Å². The number of likely N-dealkylation sites (N-methyl/N-ethyl adjacent to an activating group) is 1. The van der Waals surface area contributed by atoms with Crippen molar-refractivity contribution in [3.63, 3.8) is 0 Å². The summed E-state index contributed by atoms with van der Waals surface area (Å²) in [6.45, 7) is 4.06. The highest BCUT2D eigenvalue weighted by Crippen LogP contribution is 2.31. The molecule has 0 aliphatic carbocycles. The zero-order valence-corrected chi connectivity index (χ0v) is 10.6. The highest BCUT2D eigenvalue weighted by molar-refractivity contribution is 5.45. The summed E-state index contributed by atoms with van der Waals surface area (Å²) in [4.78, 5) is 0. The molecule has 92 valence electrons. The van der Waals surface area contributed by atoms with Crippen molar-refractivity contribution in [3.05, 3.63) is 84.1 Å². The molecule has 0 saturated carbocycles. The molecule has 0 aliphatic heterocycles. The molecule has 2 nitrogen and oxygen atoms in total. The van der Waals surface area contributed by atoms with E-state index in [0.717, 1.165) is 16.8 Å². The fourth-order valence-corrected chi connectivity index (χ4v) is 2.11. The molecule has 2 rings (SSSR count). The number of benzene rings is 2. The Bertz CT molecular complexity index is 478. The zero-order chi connectivity index (χ0) is 13.0. The van der Waals surface area contributed by atoms with Crippen molar-refractivity contribution in [2.45, 2.75) is 5.54 Å². The molecule has 0 atom stereocenters. The predicted octanol–water partition coefficient (Wildman–Crippen LogP) is 2.62. The second kappa shape index (κ2) is 5.07. The summed E-state index contributed by atoms with van der Waals surface area (Å²) in [7, 11) is 1.84. The maximum absolute atomic E-state index is 6.63. The molecule has 2 aromatic carbocycles. The van der Waals surface area contributed by atoms with Crippen LogP contribution in [0, 0.1) is 0 Å². The average Bonchev–Trinajstić information content (AvgIpc) is 2.47. The Balaban J connectivity index is 2.59. The standard InChI is InChI=1S/C16H18N2/c1-13(18-2)16(17,14-9-5-3-6-10-14)15-11-7-4-8-12-15/h3-12,18H,1,17H2,2H3.